The van der Waals surface area contributed by atoms with E-state index in [4.69, 9.17) is 9.47 Å². The van der Waals surface area contributed by atoms with Crippen LogP contribution in [-0.2, 0) is 19.5 Å². The smallest absolute Gasteiger partial charge is 0.123 e. The molecule has 2 aliphatic heterocycles. The SMILES string of the molecule is COc1ccc(OC)c(CN2CCN(Cc3cccc4c3NCC4)CC2)c1.Cl. The summed E-state index contributed by atoms with van der Waals surface area (Å²) in [6.07, 6.45) is 1.15. The Hall–Kier alpha value is -1.95. The van der Waals surface area contributed by atoms with Crippen LogP contribution in [0, 0.1) is 0 Å². The molecule has 0 atom stereocenters. The van der Waals surface area contributed by atoms with Gasteiger partial charge in [0.25, 0.3) is 0 Å². The van der Waals surface area contributed by atoms with Crippen LogP contribution in [-0.4, -0.2) is 56.7 Å². The lowest BCUT2D eigenvalue weighted by molar-refractivity contribution is 0.121. The highest BCUT2D eigenvalue weighted by molar-refractivity contribution is 5.85. The Labute approximate surface area is 174 Å². The van der Waals surface area contributed by atoms with Crippen molar-refractivity contribution in [1.82, 2.24) is 9.80 Å². The molecule has 0 spiro atoms. The molecule has 1 saturated heterocycles. The van der Waals surface area contributed by atoms with E-state index in [2.05, 4.69) is 39.4 Å². The van der Waals surface area contributed by atoms with Crippen molar-refractivity contribution >= 4 is 18.1 Å². The van der Waals surface area contributed by atoms with Gasteiger partial charge in [-0.05, 0) is 35.7 Å². The Kier molecular flexibility index (Phi) is 7.05. The van der Waals surface area contributed by atoms with Crippen LogP contribution in [0.25, 0.3) is 0 Å². The topological polar surface area (TPSA) is 37.0 Å². The van der Waals surface area contributed by atoms with Gasteiger partial charge in [-0.25, -0.2) is 0 Å². The molecule has 0 aliphatic carbocycles. The second kappa shape index (κ2) is 9.50. The Morgan fingerprint density at radius 2 is 1.61 bits per heavy atom. The van der Waals surface area contributed by atoms with Crippen LogP contribution in [0.15, 0.2) is 36.4 Å². The molecule has 1 fully saturated rings. The number of nitrogens with zero attached hydrogens (tertiary/aromatic N) is 2. The lowest BCUT2D eigenvalue weighted by Crippen LogP contribution is -2.45. The molecule has 2 aromatic rings. The first-order valence-corrected chi connectivity index (χ1v) is 9.77. The standard InChI is InChI=1S/C22H29N3O2.ClH/c1-26-20-6-7-21(27-2)19(14-20)16-25-12-10-24(11-13-25)15-18-5-3-4-17-8-9-23-22(17)18;/h3-7,14,23H,8-13,15-16H2,1-2H3;1H. The molecule has 0 saturated carbocycles. The van der Waals surface area contributed by atoms with Crippen molar-refractivity contribution in [2.24, 2.45) is 0 Å². The third kappa shape index (κ3) is 4.54. The number of rotatable bonds is 6. The van der Waals surface area contributed by atoms with Gasteiger partial charge in [-0.15, -0.1) is 12.4 Å². The molecule has 2 heterocycles. The van der Waals surface area contributed by atoms with Crippen molar-refractivity contribution in [3.05, 3.63) is 53.1 Å². The van der Waals surface area contributed by atoms with Gasteiger partial charge in [0.05, 0.1) is 14.2 Å². The van der Waals surface area contributed by atoms with Crippen molar-refractivity contribution in [1.29, 1.82) is 0 Å². The van der Waals surface area contributed by atoms with E-state index in [0.717, 1.165) is 63.7 Å². The minimum Gasteiger partial charge on any atom is -0.497 e. The second-order valence-electron chi connectivity index (χ2n) is 7.36. The number of anilines is 1. The molecular weight excluding hydrogens is 374 g/mol. The fraction of sp³-hybridized carbons (Fsp3) is 0.455. The van der Waals surface area contributed by atoms with Gasteiger partial charge in [0.15, 0.2) is 0 Å². The van der Waals surface area contributed by atoms with E-state index in [0.29, 0.717) is 0 Å². The molecule has 28 heavy (non-hydrogen) atoms. The number of fused-ring (bicyclic) bond motifs is 1. The molecule has 152 valence electrons. The number of ether oxygens (including phenoxy) is 2. The largest absolute Gasteiger partial charge is 0.497 e. The summed E-state index contributed by atoms with van der Waals surface area (Å²) in [4.78, 5) is 5.07. The highest BCUT2D eigenvalue weighted by atomic mass is 35.5. The molecular formula is C22H30ClN3O2. The summed E-state index contributed by atoms with van der Waals surface area (Å²) in [7, 11) is 3.44. The second-order valence-corrected chi connectivity index (χ2v) is 7.36. The predicted molar refractivity (Wildman–Crippen MR) is 116 cm³/mol. The number of piperazine rings is 1. The molecule has 0 unspecified atom stereocenters. The molecule has 2 aliphatic rings. The summed E-state index contributed by atoms with van der Waals surface area (Å²) in [6.45, 7) is 7.34. The summed E-state index contributed by atoms with van der Waals surface area (Å²) >= 11 is 0. The molecule has 1 N–H and O–H groups in total. The molecule has 5 nitrogen and oxygen atoms in total. The molecule has 4 rings (SSSR count). The molecule has 0 amide bonds. The van der Waals surface area contributed by atoms with Crippen LogP contribution in [0.2, 0.25) is 0 Å². The zero-order valence-electron chi connectivity index (χ0n) is 16.7. The molecule has 0 aromatic heterocycles. The zero-order valence-corrected chi connectivity index (χ0v) is 17.6. The van der Waals surface area contributed by atoms with Crippen LogP contribution >= 0.6 is 12.4 Å². The number of methoxy groups -OCH3 is 2. The molecule has 6 heteroatoms. The van der Waals surface area contributed by atoms with E-state index in [1.165, 1.54) is 22.4 Å². The summed E-state index contributed by atoms with van der Waals surface area (Å²) in [5.74, 6) is 1.82. The van der Waals surface area contributed by atoms with Crippen LogP contribution in [0.1, 0.15) is 16.7 Å². The van der Waals surface area contributed by atoms with E-state index in [1.807, 2.05) is 12.1 Å². The number of hydrogen-bond acceptors (Lipinski definition) is 5. The fourth-order valence-corrected chi connectivity index (χ4v) is 4.14. The van der Waals surface area contributed by atoms with Gasteiger partial charge in [-0.2, -0.15) is 0 Å². The summed E-state index contributed by atoms with van der Waals surface area (Å²) in [5, 5.41) is 3.56. The van der Waals surface area contributed by atoms with Crippen LogP contribution in [0.3, 0.4) is 0 Å². The van der Waals surface area contributed by atoms with E-state index in [9.17, 15) is 0 Å². The van der Waals surface area contributed by atoms with Crippen LogP contribution in [0.4, 0.5) is 5.69 Å². The number of benzene rings is 2. The van der Waals surface area contributed by atoms with E-state index in [1.54, 1.807) is 14.2 Å². The number of para-hydroxylation sites is 1. The first kappa shape index (κ1) is 20.8. The highest BCUT2D eigenvalue weighted by Crippen LogP contribution is 2.28. The lowest BCUT2D eigenvalue weighted by atomic mass is 10.1. The maximum Gasteiger partial charge on any atom is 0.123 e. The Morgan fingerprint density at radius 1 is 0.893 bits per heavy atom. The summed E-state index contributed by atoms with van der Waals surface area (Å²) in [5.41, 5.74) is 5.47. The first-order valence-electron chi connectivity index (χ1n) is 9.77. The first-order chi connectivity index (χ1) is 13.3. The van der Waals surface area contributed by atoms with Gasteiger partial charge in [0.2, 0.25) is 0 Å². The fourth-order valence-electron chi connectivity index (χ4n) is 4.14. The third-order valence-electron chi connectivity index (χ3n) is 5.67. The zero-order chi connectivity index (χ0) is 18.6. The van der Waals surface area contributed by atoms with Crippen LogP contribution < -0.4 is 14.8 Å². The molecule has 2 aromatic carbocycles. The number of hydrogen-bond donors (Lipinski definition) is 1. The summed E-state index contributed by atoms with van der Waals surface area (Å²) < 4.78 is 10.9. The Morgan fingerprint density at radius 3 is 2.29 bits per heavy atom. The number of halogens is 1. The van der Waals surface area contributed by atoms with Gasteiger partial charge < -0.3 is 14.8 Å². The maximum absolute atomic E-state index is 5.53. The van der Waals surface area contributed by atoms with Gasteiger partial charge in [-0.3, -0.25) is 9.80 Å². The van der Waals surface area contributed by atoms with Crippen molar-refractivity contribution in [3.8, 4) is 11.5 Å². The normalized spacial score (nSPS) is 16.8. The minimum atomic E-state index is 0. The van der Waals surface area contributed by atoms with Gasteiger partial charge >= 0.3 is 0 Å². The Balaban J connectivity index is 0.00000225. The highest BCUT2D eigenvalue weighted by Gasteiger charge is 2.21. The van der Waals surface area contributed by atoms with Gasteiger partial charge in [0, 0.05) is 57.1 Å². The average molecular weight is 404 g/mol. The van der Waals surface area contributed by atoms with Crippen molar-refractivity contribution < 1.29 is 9.47 Å². The van der Waals surface area contributed by atoms with Crippen molar-refractivity contribution in [2.45, 2.75) is 19.5 Å². The molecule has 0 bridgehead atoms. The van der Waals surface area contributed by atoms with E-state index < -0.39 is 0 Å². The minimum absolute atomic E-state index is 0. The van der Waals surface area contributed by atoms with Crippen molar-refractivity contribution in [3.63, 3.8) is 0 Å². The maximum atomic E-state index is 5.53. The number of nitrogens with one attached hydrogen (secondary N) is 1. The van der Waals surface area contributed by atoms with E-state index in [-0.39, 0.29) is 12.4 Å². The quantitative estimate of drug-likeness (QED) is 0.799. The Bertz CT molecular complexity index is 791. The molecule has 0 radical (unpaired) electrons. The average Bonchev–Trinajstić information content (AvgIpc) is 3.19. The predicted octanol–water partition coefficient (Wildman–Crippen LogP) is 3.41. The lowest BCUT2D eigenvalue weighted by Gasteiger charge is -2.35. The van der Waals surface area contributed by atoms with Crippen LogP contribution in [0.5, 0.6) is 11.5 Å². The van der Waals surface area contributed by atoms with Crippen molar-refractivity contribution in [2.75, 3.05) is 52.3 Å². The third-order valence-corrected chi connectivity index (χ3v) is 5.67. The van der Waals surface area contributed by atoms with Gasteiger partial charge in [0.1, 0.15) is 11.5 Å². The van der Waals surface area contributed by atoms with Gasteiger partial charge in [-0.1, -0.05) is 18.2 Å². The van der Waals surface area contributed by atoms with E-state index >= 15 is 0 Å². The monoisotopic (exact) mass is 403 g/mol. The summed E-state index contributed by atoms with van der Waals surface area (Å²) in [6, 6.07) is 12.7.